The molecule has 24 heavy (non-hydrogen) atoms. The molecule has 0 fully saturated rings. The lowest BCUT2D eigenvalue weighted by molar-refractivity contribution is -0.113. The van der Waals surface area contributed by atoms with Gasteiger partial charge in [0.05, 0.1) is 5.33 Å². The standard InChI is InChI=1S/C19H21BrN2O2/c1-19(2,3)14-6-4-13(5-7-14)18(24)22-16-10-8-15(9-11-16)21-17(23)12-20/h4-11H,12H2,1-3H3,(H,21,23)(H,22,24). The summed E-state index contributed by atoms with van der Waals surface area (Å²) in [6.45, 7) is 6.41. The third kappa shape index (κ3) is 4.93. The van der Waals surface area contributed by atoms with E-state index in [4.69, 9.17) is 0 Å². The third-order valence-electron chi connectivity index (χ3n) is 3.56. The summed E-state index contributed by atoms with van der Waals surface area (Å²) < 4.78 is 0. The molecule has 5 heteroatoms. The Morgan fingerprint density at radius 2 is 1.38 bits per heavy atom. The van der Waals surface area contributed by atoms with Crippen molar-refractivity contribution in [3.63, 3.8) is 0 Å². The van der Waals surface area contributed by atoms with Crippen LogP contribution in [0.1, 0.15) is 36.7 Å². The van der Waals surface area contributed by atoms with E-state index < -0.39 is 0 Å². The number of anilines is 2. The van der Waals surface area contributed by atoms with Gasteiger partial charge in [-0.2, -0.15) is 0 Å². The van der Waals surface area contributed by atoms with Crippen molar-refractivity contribution >= 4 is 39.1 Å². The number of nitrogens with one attached hydrogen (secondary N) is 2. The molecule has 2 N–H and O–H groups in total. The van der Waals surface area contributed by atoms with E-state index in [0.717, 1.165) is 0 Å². The molecular formula is C19H21BrN2O2. The summed E-state index contributed by atoms with van der Waals surface area (Å²) in [5.41, 5.74) is 3.22. The van der Waals surface area contributed by atoms with Crippen LogP contribution in [0.4, 0.5) is 11.4 Å². The Kier molecular flexibility index (Phi) is 5.78. The van der Waals surface area contributed by atoms with E-state index in [1.165, 1.54) is 5.56 Å². The van der Waals surface area contributed by atoms with Crippen LogP contribution in [0.5, 0.6) is 0 Å². The van der Waals surface area contributed by atoms with Crippen LogP contribution >= 0.6 is 15.9 Å². The summed E-state index contributed by atoms with van der Waals surface area (Å²) >= 11 is 3.09. The molecule has 0 bridgehead atoms. The average molecular weight is 389 g/mol. The predicted molar refractivity (Wildman–Crippen MR) is 102 cm³/mol. The highest BCUT2D eigenvalue weighted by molar-refractivity contribution is 9.09. The first-order valence-electron chi connectivity index (χ1n) is 7.67. The van der Waals surface area contributed by atoms with Crippen molar-refractivity contribution in [3.8, 4) is 0 Å². The van der Waals surface area contributed by atoms with E-state index in [0.29, 0.717) is 16.9 Å². The van der Waals surface area contributed by atoms with Crippen molar-refractivity contribution in [2.45, 2.75) is 26.2 Å². The Morgan fingerprint density at radius 3 is 1.83 bits per heavy atom. The first-order valence-corrected chi connectivity index (χ1v) is 8.79. The molecule has 2 amide bonds. The summed E-state index contributed by atoms with van der Waals surface area (Å²) in [7, 11) is 0. The fraction of sp³-hybridized carbons (Fsp3) is 0.263. The molecule has 0 aromatic heterocycles. The van der Waals surface area contributed by atoms with Gasteiger partial charge in [-0.3, -0.25) is 9.59 Å². The van der Waals surface area contributed by atoms with Crippen LogP contribution in [0.2, 0.25) is 0 Å². The molecule has 0 saturated carbocycles. The van der Waals surface area contributed by atoms with Crippen molar-refractivity contribution in [1.82, 2.24) is 0 Å². The zero-order valence-electron chi connectivity index (χ0n) is 14.0. The molecule has 126 valence electrons. The average Bonchev–Trinajstić information content (AvgIpc) is 2.55. The molecule has 0 radical (unpaired) electrons. The Morgan fingerprint density at radius 1 is 0.875 bits per heavy atom. The fourth-order valence-electron chi connectivity index (χ4n) is 2.16. The smallest absolute Gasteiger partial charge is 0.255 e. The van der Waals surface area contributed by atoms with Crippen LogP contribution in [-0.2, 0) is 10.2 Å². The van der Waals surface area contributed by atoms with Gasteiger partial charge in [0.25, 0.3) is 5.91 Å². The van der Waals surface area contributed by atoms with Gasteiger partial charge in [-0.1, -0.05) is 48.8 Å². The molecule has 0 atom stereocenters. The van der Waals surface area contributed by atoms with E-state index in [1.54, 1.807) is 24.3 Å². The number of halogens is 1. The number of rotatable bonds is 4. The summed E-state index contributed by atoms with van der Waals surface area (Å²) in [6.07, 6.45) is 0. The molecule has 0 spiro atoms. The first-order chi connectivity index (χ1) is 11.3. The van der Waals surface area contributed by atoms with Gasteiger partial charge >= 0.3 is 0 Å². The van der Waals surface area contributed by atoms with E-state index >= 15 is 0 Å². The highest BCUT2D eigenvalue weighted by atomic mass is 79.9. The van der Waals surface area contributed by atoms with Crippen molar-refractivity contribution in [2.75, 3.05) is 16.0 Å². The van der Waals surface area contributed by atoms with Crippen LogP contribution < -0.4 is 10.6 Å². The van der Waals surface area contributed by atoms with Crippen LogP contribution in [0.3, 0.4) is 0 Å². The lowest BCUT2D eigenvalue weighted by Crippen LogP contribution is -2.14. The lowest BCUT2D eigenvalue weighted by Gasteiger charge is -2.19. The summed E-state index contributed by atoms with van der Waals surface area (Å²) in [4.78, 5) is 23.6. The predicted octanol–water partition coefficient (Wildman–Crippen LogP) is 4.57. The maximum atomic E-state index is 12.3. The zero-order valence-corrected chi connectivity index (χ0v) is 15.6. The maximum Gasteiger partial charge on any atom is 0.255 e. The zero-order chi connectivity index (χ0) is 17.7. The van der Waals surface area contributed by atoms with Crippen LogP contribution in [0.15, 0.2) is 48.5 Å². The molecular weight excluding hydrogens is 368 g/mol. The van der Waals surface area contributed by atoms with Crippen molar-refractivity contribution in [2.24, 2.45) is 0 Å². The number of hydrogen-bond acceptors (Lipinski definition) is 2. The number of carbonyl (C=O) groups excluding carboxylic acids is 2. The van der Waals surface area contributed by atoms with Gasteiger partial charge in [0.1, 0.15) is 0 Å². The second kappa shape index (κ2) is 7.62. The second-order valence-electron chi connectivity index (χ2n) is 6.54. The molecule has 0 saturated heterocycles. The third-order valence-corrected chi connectivity index (χ3v) is 4.07. The van der Waals surface area contributed by atoms with Gasteiger partial charge in [0, 0.05) is 16.9 Å². The van der Waals surface area contributed by atoms with E-state index in [-0.39, 0.29) is 22.6 Å². The van der Waals surface area contributed by atoms with Gasteiger partial charge in [-0.25, -0.2) is 0 Å². The summed E-state index contributed by atoms with van der Waals surface area (Å²) in [6, 6.07) is 14.6. The largest absolute Gasteiger partial charge is 0.325 e. The van der Waals surface area contributed by atoms with Crippen molar-refractivity contribution in [1.29, 1.82) is 0 Å². The number of benzene rings is 2. The molecule has 0 aliphatic carbocycles. The number of hydrogen-bond donors (Lipinski definition) is 2. The van der Waals surface area contributed by atoms with Gasteiger partial charge in [-0.05, 0) is 47.4 Å². The minimum Gasteiger partial charge on any atom is -0.325 e. The fourth-order valence-corrected chi connectivity index (χ4v) is 2.30. The second-order valence-corrected chi connectivity index (χ2v) is 7.10. The number of carbonyl (C=O) groups is 2. The monoisotopic (exact) mass is 388 g/mol. The van der Waals surface area contributed by atoms with E-state index in [2.05, 4.69) is 47.3 Å². The van der Waals surface area contributed by atoms with Gasteiger partial charge < -0.3 is 10.6 Å². The molecule has 2 aromatic carbocycles. The quantitative estimate of drug-likeness (QED) is 0.753. The van der Waals surface area contributed by atoms with Gasteiger partial charge in [0.2, 0.25) is 5.91 Å². The minimum absolute atomic E-state index is 0.0599. The highest BCUT2D eigenvalue weighted by Gasteiger charge is 2.14. The van der Waals surface area contributed by atoms with Crippen molar-refractivity contribution < 1.29 is 9.59 Å². The molecule has 0 aliphatic heterocycles. The van der Waals surface area contributed by atoms with Crippen LogP contribution in [-0.4, -0.2) is 17.1 Å². The SMILES string of the molecule is CC(C)(C)c1ccc(C(=O)Nc2ccc(NC(=O)CBr)cc2)cc1. The highest BCUT2D eigenvalue weighted by Crippen LogP contribution is 2.22. The van der Waals surface area contributed by atoms with Crippen LogP contribution in [0, 0.1) is 0 Å². The van der Waals surface area contributed by atoms with E-state index in [1.807, 2.05) is 24.3 Å². The van der Waals surface area contributed by atoms with E-state index in [9.17, 15) is 9.59 Å². The summed E-state index contributed by atoms with van der Waals surface area (Å²) in [5.74, 6) is -0.279. The maximum absolute atomic E-state index is 12.3. The molecule has 0 aliphatic rings. The summed E-state index contributed by atoms with van der Waals surface area (Å²) in [5, 5.41) is 5.82. The van der Waals surface area contributed by atoms with Gasteiger partial charge in [-0.15, -0.1) is 0 Å². The molecule has 0 heterocycles. The Hall–Kier alpha value is -2.14. The van der Waals surface area contributed by atoms with Crippen LogP contribution in [0.25, 0.3) is 0 Å². The molecule has 2 rings (SSSR count). The Balaban J connectivity index is 2.03. The minimum atomic E-state index is -0.160. The molecule has 0 unspecified atom stereocenters. The van der Waals surface area contributed by atoms with Gasteiger partial charge in [0.15, 0.2) is 0 Å². The molecule has 4 nitrogen and oxygen atoms in total. The first kappa shape index (κ1) is 18.2. The Labute approximate surface area is 150 Å². The number of amides is 2. The number of alkyl halides is 1. The molecule has 2 aromatic rings. The normalized spacial score (nSPS) is 11.0. The van der Waals surface area contributed by atoms with Crippen molar-refractivity contribution in [3.05, 3.63) is 59.7 Å². The Bertz CT molecular complexity index is 717. The topological polar surface area (TPSA) is 58.2 Å². The lowest BCUT2D eigenvalue weighted by atomic mass is 9.87.